The summed E-state index contributed by atoms with van der Waals surface area (Å²) in [6.45, 7) is 3.51. The van der Waals surface area contributed by atoms with Crippen LogP contribution in [0.5, 0.6) is 0 Å². The topological polar surface area (TPSA) is 3.24 Å². The van der Waals surface area contributed by atoms with Gasteiger partial charge in [-0.1, -0.05) is 30.4 Å². The molecule has 1 unspecified atom stereocenters. The smallest absolute Gasteiger partial charge is 0.0588 e. The predicted octanol–water partition coefficient (Wildman–Crippen LogP) is 2.87. The Bertz CT molecular complexity index is 262. The van der Waals surface area contributed by atoms with Crippen molar-refractivity contribution in [1.29, 1.82) is 0 Å². The molecule has 1 atom stereocenters. The Morgan fingerprint density at radius 1 is 1.23 bits per heavy atom. The van der Waals surface area contributed by atoms with Crippen molar-refractivity contribution >= 4 is 0 Å². The Hall–Kier alpha value is -0.980. The molecule has 1 aliphatic carbocycles. The Morgan fingerprint density at radius 2 is 2.15 bits per heavy atom. The number of nitrogens with zero attached hydrogens (tertiary/aromatic N) is 1. The van der Waals surface area contributed by atoms with E-state index in [1.54, 1.807) is 0 Å². The summed E-state index contributed by atoms with van der Waals surface area (Å²) >= 11 is 0. The summed E-state index contributed by atoms with van der Waals surface area (Å²) in [6.07, 6.45) is 17.1. The van der Waals surface area contributed by atoms with Gasteiger partial charge in [-0.15, -0.1) is 0 Å². The van der Waals surface area contributed by atoms with Gasteiger partial charge in [0.1, 0.15) is 0 Å². The molecule has 0 aromatic rings. The molecule has 13 heavy (non-hydrogen) atoms. The Kier molecular flexibility index (Phi) is 2.26. The van der Waals surface area contributed by atoms with Gasteiger partial charge in [-0.25, -0.2) is 0 Å². The van der Waals surface area contributed by atoms with Gasteiger partial charge >= 0.3 is 0 Å². The summed E-state index contributed by atoms with van der Waals surface area (Å²) in [5.74, 6) is 0. The molecule has 1 aliphatic heterocycles. The minimum Gasteiger partial charge on any atom is -0.369 e. The molecule has 0 bridgehead atoms. The van der Waals surface area contributed by atoms with Crippen molar-refractivity contribution in [3.8, 4) is 0 Å². The first kappa shape index (κ1) is 8.61. The standard InChI is InChI=1S/C12H17N/c1-12(8-4-2-5-9-12)13-10-6-3-7-11-13/h2,4-6,8,10H,3,7,9,11H2,1H3. The fourth-order valence-electron chi connectivity index (χ4n) is 2.01. The van der Waals surface area contributed by atoms with Gasteiger partial charge in [0.05, 0.1) is 5.54 Å². The molecule has 1 heteroatoms. The summed E-state index contributed by atoms with van der Waals surface area (Å²) in [5.41, 5.74) is 0.228. The SMILES string of the molecule is CC1(N2C=CCCC2)C=CC=CC1. The van der Waals surface area contributed by atoms with Gasteiger partial charge in [-0.05, 0) is 32.4 Å². The molecule has 70 valence electrons. The highest BCUT2D eigenvalue weighted by molar-refractivity contribution is 5.21. The van der Waals surface area contributed by atoms with Gasteiger partial charge in [-0.3, -0.25) is 0 Å². The lowest BCUT2D eigenvalue weighted by molar-refractivity contribution is 0.206. The number of allylic oxidation sites excluding steroid dienone is 3. The summed E-state index contributed by atoms with van der Waals surface area (Å²) in [6, 6.07) is 0. The predicted molar refractivity (Wildman–Crippen MR) is 56.4 cm³/mol. The number of hydrogen-bond acceptors (Lipinski definition) is 1. The van der Waals surface area contributed by atoms with Crippen LogP contribution in [0.2, 0.25) is 0 Å². The average Bonchev–Trinajstić information content (AvgIpc) is 2.20. The van der Waals surface area contributed by atoms with E-state index in [9.17, 15) is 0 Å². The van der Waals surface area contributed by atoms with Crippen molar-refractivity contribution < 1.29 is 0 Å². The fourth-order valence-corrected chi connectivity index (χ4v) is 2.01. The second-order valence-electron chi connectivity index (χ2n) is 4.07. The van der Waals surface area contributed by atoms with Crippen molar-refractivity contribution in [1.82, 2.24) is 4.90 Å². The van der Waals surface area contributed by atoms with Crippen LogP contribution in [0.4, 0.5) is 0 Å². The molecule has 0 aromatic heterocycles. The van der Waals surface area contributed by atoms with E-state index in [-0.39, 0.29) is 5.54 Å². The van der Waals surface area contributed by atoms with Crippen molar-refractivity contribution in [2.24, 2.45) is 0 Å². The minimum absolute atomic E-state index is 0.228. The molecule has 1 nitrogen and oxygen atoms in total. The normalized spacial score (nSPS) is 32.5. The Balaban J connectivity index is 2.13. The number of rotatable bonds is 1. The van der Waals surface area contributed by atoms with Crippen LogP contribution in [0, 0.1) is 0 Å². The second kappa shape index (κ2) is 3.41. The zero-order valence-electron chi connectivity index (χ0n) is 8.24. The molecule has 0 radical (unpaired) electrons. The van der Waals surface area contributed by atoms with E-state index in [4.69, 9.17) is 0 Å². The first-order valence-electron chi connectivity index (χ1n) is 5.09. The third-order valence-electron chi connectivity index (χ3n) is 2.94. The zero-order chi connectivity index (χ0) is 9.15. The van der Waals surface area contributed by atoms with Gasteiger partial charge in [0.15, 0.2) is 0 Å². The largest absolute Gasteiger partial charge is 0.369 e. The third-order valence-corrected chi connectivity index (χ3v) is 2.94. The van der Waals surface area contributed by atoms with E-state index < -0.39 is 0 Å². The molecular weight excluding hydrogens is 158 g/mol. The van der Waals surface area contributed by atoms with Gasteiger partial charge in [0, 0.05) is 6.54 Å². The highest BCUT2D eigenvalue weighted by Gasteiger charge is 2.26. The van der Waals surface area contributed by atoms with Gasteiger partial charge < -0.3 is 4.90 Å². The average molecular weight is 175 g/mol. The molecule has 0 amide bonds. The molecule has 2 aliphatic rings. The number of hydrogen-bond donors (Lipinski definition) is 0. The first-order valence-corrected chi connectivity index (χ1v) is 5.09. The lowest BCUT2D eigenvalue weighted by atomic mass is 9.91. The maximum absolute atomic E-state index is 2.45. The molecule has 1 heterocycles. The van der Waals surface area contributed by atoms with Crippen molar-refractivity contribution in [2.45, 2.75) is 31.7 Å². The van der Waals surface area contributed by atoms with E-state index in [2.05, 4.69) is 48.4 Å². The summed E-state index contributed by atoms with van der Waals surface area (Å²) in [7, 11) is 0. The van der Waals surface area contributed by atoms with E-state index in [1.807, 2.05) is 0 Å². The Labute approximate surface area is 80.4 Å². The highest BCUT2D eigenvalue weighted by atomic mass is 15.2. The lowest BCUT2D eigenvalue weighted by Crippen LogP contribution is -2.43. The molecule has 0 spiro atoms. The third kappa shape index (κ3) is 1.69. The quantitative estimate of drug-likeness (QED) is 0.592. The van der Waals surface area contributed by atoms with Gasteiger partial charge in [0.2, 0.25) is 0 Å². The van der Waals surface area contributed by atoms with Crippen LogP contribution in [0.1, 0.15) is 26.2 Å². The van der Waals surface area contributed by atoms with Crippen molar-refractivity contribution in [3.05, 3.63) is 36.6 Å². The van der Waals surface area contributed by atoms with E-state index in [1.165, 1.54) is 19.4 Å². The molecule has 0 saturated heterocycles. The molecule has 2 rings (SSSR count). The zero-order valence-corrected chi connectivity index (χ0v) is 8.24. The van der Waals surface area contributed by atoms with Gasteiger partial charge in [0.25, 0.3) is 0 Å². The van der Waals surface area contributed by atoms with Crippen molar-refractivity contribution in [3.63, 3.8) is 0 Å². The van der Waals surface area contributed by atoms with E-state index in [0.717, 1.165) is 6.42 Å². The summed E-state index contributed by atoms with van der Waals surface area (Å²) < 4.78 is 0. The van der Waals surface area contributed by atoms with Crippen LogP contribution >= 0.6 is 0 Å². The fraction of sp³-hybridized carbons (Fsp3) is 0.500. The van der Waals surface area contributed by atoms with E-state index in [0.29, 0.717) is 0 Å². The molecular formula is C12H17N. The lowest BCUT2D eigenvalue weighted by Gasteiger charge is -2.40. The molecule has 0 N–H and O–H groups in total. The van der Waals surface area contributed by atoms with Crippen molar-refractivity contribution in [2.75, 3.05) is 6.54 Å². The van der Waals surface area contributed by atoms with Crippen LogP contribution < -0.4 is 0 Å². The highest BCUT2D eigenvalue weighted by Crippen LogP contribution is 2.27. The Morgan fingerprint density at radius 3 is 2.77 bits per heavy atom. The van der Waals surface area contributed by atoms with Crippen LogP contribution in [-0.4, -0.2) is 17.0 Å². The summed E-state index contributed by atoms with van der Waals surface area (Å²) in [5, 5.41) is 0. The monoisotopic (exact) mass is 175 g/mol. The second-order valence-corrected chi connectivity index (χ2v) is 4.07. The maximum atomic E-state index is 2.45. The molecule has 0 fully saturated rings. The summed E-state index contributed by atoms with van der Waals surface area (Å²) in [4.78, 5) is 2.45. The minimum atomic E-state index is 0.228. The van der Waals surface area contributed by atoms with Crippen LogP contribution in [0.25, 0.3) is 0 Å². The van der Waals surface area contributed by atoms with Gasteiger partial charge in [-0.2, -0.15) is 0 Å². The molecule has 0 aromatic carbocycles. The van der Waals surface area contributed by atoms with Crippen LogP contribution in [0.3, 0.4) is 0 Å². The van der Waals surface area contributed by atoms with E-state index >= 15 is 0 Å². The first-order chi connectivity index (χ1) is 6.31. The van der Waals surface area contributed by atoms with Crippen LogP contribution in [-0.2, 0) is 0 Å². The molecule has 0 saturated carbocycles. The van der Waals surface area contributed by atoms with Crippen LogP contribution in [0.15, 0.2) is 36.6 Å². The maximum Gasteiger partial charge on any atom is 0.0588 e.